The quantitative estimate of drug-likeness (QED) is 0.435. The van der Waals surface area contributed by atoms with E-state index >= 15 is 0 Å². The molecule has 0 atom stereocenters. The van der Waals surface area contributed by atoms with Crippen molar-refractivity contribution in [2.75, 3.05) is 40.4 Å². The summed E-state index contributed by atoms with van der Waals surface area (Å²) in [4.78, 5) is 27.6. The van der Waals surface area contributed by atoms with E-state index in [1.165, 1.54) is 0 Å². The van der Waals surface area contributed by atoms with Crippen LogP contribution in [0.3, 0.4) is 0 Å². The standard InChI is InChI=1S/C12H17ClN4O4/c1-16(5-6-21-2)4-3-14-12(18)10-7-9(17(19)20)8-15-11(10)13/h7-8H,3-6H2,1-2H3,(H,14,18). The summed E-state index contributed by atoms with van der Waals surface area (Å²) in [7, 11) is 3.51. The molecule has 0 aromatic carbocycles. The second-order valence-electron chi connectivity index (χ2n) is 4.34. The smallest absolute Gasteiger partial charge is 0.288 e. The molecule has 0 spiro atoms. The Labute approximate surface area is 127 Å². The van der Waals surface area contributed by atoms with Crippen molar-refractivity contribution in [3.05, 3.63) is 33.1 Å². The number of likely N-dealkylation sites (N-methyl/N-ethyl adjacent to an activating group) is 1. The van der Waals surface area contributed by atoms with Crippen molar-refractivity contribution in [3.8, 4) is 0 Å². The first-order valence-corrected chi connectivity index (χ1v) is 6.59. The van der Waals surface area contributed by atoms with Crippen molar-refractivity contribution < 1.29 is 14.5 Å². The molecule has 1 aromatic rings. The van der Waals surface area contributed by atoms with Crippen molar-refractivity contribution >= 4 is 23.2 Å². The van der Waals surface area contributed by atoms with Crippen molar-refractivity contribution in [2.24, 2.45) is 0 Å². The SMILES string of the molecule is COCCN(C)CCNC(=O)c1cc([N+](=O)[O-])cnc1Cl. The molecule has 9 heteroatoms. The minimum atomic E-state index is -0.626. The van der Waals surface area contributed by atoms with E-state index in [0.717, 1.165) is 18.8 Å². The Balaban J connectivity index is 2.56. The van der Waals surface area contributed by atoms with Gasteiger partial charge in [0.2, 0.25) is 0 Å². The third-order valence-corrected chi connectivity index (χ3v) is 3.04. The van der Waals surface area contributed by atoms with Crippen molar-refractivity contribution in [1.29, 1.82) is 0 Å². The molecule has 1 rings (SSSR count). The fourth-order valence-corrected chi connectivity index (χ4v) is 1.70. The predicted octanol–water partition coefficient (Wildman–Crippen LogP) is 0.951. The van der Waals surface area contributed by atoms with Gasteiger partial charge in [-0.25, -0.2) is 4.98 Å². The molecule has 0 aliphatic rings. The average molecular weight is 317 g/mol. The minimum Gasteiger partial charge on any atom is -0.383 e. The molecule has 1 amide bonds. The summed E-state index contributed by atoms with van der Waals surface area (Å²) in [5, 5.41) is 13.2. The number of nitrogens with one attached hydrogen (secondary N) is 1. The highest BCUT2D eigenvalue weighted by Crippen LogP contribution is 2.18. The van der Waals surface area contributed by atoms with Gasteiger partial charge in [-0.15, -0.1) is 0 Å². The summed E-state index contributed by atoms with van der Waals surface area (Å²) < 4.78 is 4.94. The van der Waals surface area contributed by atoms with E-state index in [9.17, 15) is 14.9 Å². The van der Waals surface area contributed by atoms with Crippen molar-refractivity contribution in [2.45, 2.75) is 0 Å². The number of hydrogen-bond donors (Lipinski definition) is 1. The Morgan fingerprint density at radius 2 is 2.29 bits per heavy atom. The van der Waals surface area contributed by atoms with Gasteiger partial charge >= 0.3 is 0 Å². The van der Waals surface area contributed by atoms with Gasteiger partial charge < -0.3 is 15.0 Å². The summed E-state index contributed by atoms with van der Waals surface area (Å²) in [6, 6.07) is 1.11. The summed E-state index contributed by atoms with van der Waals surface area (Å²) in [6.45, 7) is 2.35. The highest BCUT2D eigenvalue weighted by atomic mass is 35.5. The van der Waals surface area contributed by atoms with Gasteiger partial charge in [0.05, 0.1) is 17.1 Å². The number of aromatic nitrogens is 1. The number of amides is 1. The molecule has 0 bridgehead atoms. The molecule has 0 aliphatic carbocycles. The molecule has 0 saturated carbocycles. The molecule has 1 aromatic heterocycles. The van der Waals surface area contributed by atoms with Crippen molar-refractivity contribution in [3.63, 3.8) is 0 Å². The molecule has 0 aliphatic heterocycles. The Morgan fingerprint density at radius 3 is 2.90 bits per heavy atom. The van der Waals surface area contributed by atoms with E-state index in [1.807, 2.05) is 11.9 Å². The van der Waals surface area contributed by atoms with Crippen LogP contribution in [0.2, 0.25) is 5.15 Å². The molecule has 116 valence electrons. The first-order valence-electron chi connectivity index (χ1n) is 6.21. The number of halogens is 1. The molecule has 0 unspecified atom stereocenters. The molecular weight excluding hydrogens is 300 g/mol. The van der Waals surface area contributed by atoms with E-state index in [-0.39, 0.29) is 16.4 Å². The number of nitro groups is 1. The molecule has 0 saturated heterocycles. The second-order valence-corrected chi connectivity index (χ2v) is 4.70. The van der Waals surface area contributed by atoms with Gasteiger partial charge in [-0.1, -0.05) is 11.6 Å². The lowest BCUT2D eigenvalue weighted by molar-refractivity contribution is -0.385. The average Bonchev–Trinajstić information content (AvgIpc) is 2.45. The van der Waals surface area contributed by atoms with Crippen LogP contribution in [-0.2, 0) is 4.74 Å². The fourth-order valence-electron chi connectivity index (χ4n) is 1.51. The molecule has 0 radical (unpaired) electrons. The second kappa shape index (κ2) is 8.50. The Morgan fingerprint density at radius 1 is 1.57 bits per heavy atom. The predicted molar refractivity (Wildman–Crippen MR) is 77.6 cm³/mol. The lowest BCUT2D eigenvalue weighted by atomic mass is 10.2. The maximum absolute atomic E-state index is 11.9. The summed E-state index contributed by atoms with van der Waals surface area (Å²) >= 11 is 5.78. The number of hydrogen-bond acceptors (Lipinski definition) is 6. The zero-order valence-corrected chi connectivity index (χ0v) is 12.6. The zero-order chi connectivity index (χ0) is 15.8. The lowest BCUT2D eigenvalue weighted by Crippen LogP contribution is -2.34. The normalized spacial score (nSPS) is 10.7. The molecular formula is C12H17ClN4O4. The highest BCUT2D eigenvalue weighted by molar-refractivity contribution is 6.32. The van der Waals surface area contributed by atoms with Crippen LogP contribution in [0.1, 0.15) is 10.4 Å². The van der Waals surface area contributed by atoms with Crippen LogP contribution in [0.15, 0.2) is 12.3 Å². The third kappa shape index (κ3) is 5.62. The largest absolute Gasteiger partial charge is 0.383 e. The molecule has 1 N–H and O–H groups in total. The van der Waals surface area contributed by atoms with E-state index in [1.54, 1.807) is 7.11 Å². The fraction of sp³-hybridized carbons (Fsp3) is 0.500. The monoisotopic (exact) mass is 316 g/mol. The number of carbonyl (C=O) groups excluding carboxylic acids is 1. The minimum absolute atomic E-state index is 0.00888. The van der Waals surface area contributed by atoms with Crippen LogP contribution in [0, 0.1) is 10.1 Å². The first kappa shape index (κ1) is 17.3. The van der Waals surface area contributed by atoms with E-state index in [0.29, 0.717) is 19.7 Å². The summed E-state index contributed by atoms with van der Waals surface area (Å²) in [6.07, 6.45) is 1.01. The van der Waals surface area contributed by atoms with E-state index in [4.69, 9.17) is 16.3 Å². The van der Waals surface area contributed by atoms with Crippen LogP contribution in [0.4, 0.5) is 5.69 Å². The van der Waals surface area contributed by atoms with Crippen LogP contribution in [0.5, 0.6) is 0 Å². The van der Waals surface area contributed by atoms with Gasteiger partial charge in [-0.05, 0) is 7.05 Å². The number of rotatable bonds is 8. The molecule has 1 heterocycles. The van der Waals surface area contributed by atoms with Gasteiger partial charge in [0, 0.05) is 32.8 Å². The van der Waals surface area contributed by atoms with E-state index < -0.39 is 10.8 Å². The zero-order valence-electron chi connectivity index (χ0n) is 11.8. The Bertz CT molecular complexity index is 512. The van der Waals surface area contributed by atoms with Gasteiger partial charge in [0.15, 0.2) is 0 Å². The first-order chi connectivity index (χ1) is 9.95. The highest BCUT2D eigenvalue weighted by Gasteiger charge is 2.16. The molecule has 21 heavy (non-hydrogen) atoms. The number of methoxy groups -OCH3 is 1. The van der Waals surface area contributed by atoms with Gasteiger partial charge in [-0.3, -0.25) is 14.9 Å². The summed E-state index contributed by atoms with van der Waals surface area (Å²) in [5.74, 6) is -0.489. The maximum Gasteiger partial charge on any atom is 0.288 e. The van der Waals surface area contributed by atoms with E-state index in [2.05, 4.69) is 10.3 Å². The number of nitrogens with zero attached hydrogens (tertiary/aromatic N) is 3. The topological polar surface area (TPSA) is 97.6 Å². The van der Waals surface area contributed by atoms with Crippen molar-refractivity contribution in [1.82, 2.24) is 15.2 Å². The maximum atomic E-state index is 11.9. The number of carbonyl (C=O) groups is 1. The number of ether oxygens (including phenoxy) is 1. The molecule has 0 fully saturated rings. The van der Waals surface area contributed by atoms with Crippen LogP contribution >= 0.6 is 11.6 Å². The lowest BCUT2D eigenvalue weighted by Gasteiger charge is -2.16. The Kier molecular flexibility index (Phi) is 7.00. The molecule has 8 nitrogen and oxygen atoms in total. The van der Waals surface area contributed by atoms with Crippen LogP contribution in [-0.4, -0.2) is 61.1 Å². The third-order valence-electron chi connectivity index (χ3n) is 2.74. The number of pyridine rings is 1. The van der Waals surface area contributed by atoms with Gasteiger partial charge in [0.1, 0.15) is 11.3 Å². The van der Waals surface area contributed by atoms with Gasteiger partial charge in [-0.2, -0.15) is 0 Å². The van der Waals surface area contributed by atoms with Crippen LogP contribution in [0.25, 0.3) is 0 Å². The van der Waals surface area contributed by atoms with Crippen LogP contribution < -0.4 is 5.32 Å². The summed E-state index contributed by atoms with van der Waals surface area (Å²) in [5.41, 5.74) is -0.285. The van der Waals surface area contributed by atoms with Gasteiger partial charge in [0.25, 0.3) is 11.6 Å². The Hall–Kier alpha value is -1.77.